The Morgan fingerprint density at radius 1 is 0.750 bits per heavy atom. The minimum Gasteiger partial charge on any atom is -0.454 e. The maximum absolute atomic E-state index is 10.0. The Morgan fingerprint density at radius 3 is 1.81 bits per heavy atom. The fraction of sp³-hybridized carbons (Fsp3) is 0.226. The van der Waals surface area contributed by atoms with E-state index in [1.807, 2.05) is 42.5 Å². The van der Waals surface area contributed by atoms with Gasteiger partial charge in [0, 0.05) is 13.1 Å². The molecule has 4 rings (SSSR count). The fourth-order valence-electron chi connectivity index (χ4n) is 4.16. The highest BCUT2D eigenvalue weighted by molar-refractivity contribution is 7.97. The Morgan fingerprint density at radius 2 is 1.31 bits per heavy atom. The molecule has 0 radical (unpaired) electrons. The standard InChI is InChI=1S/C31H34N2O2S/c1-23-8-12-25(13-9-23)16-18-33(19-17-26-14-10-24(2)11-15-26)29-20-27(22-34)21-30(36-32)31(29)35-28-6-4-3-5-7-28/h3-15,20-21,34H,16-19,22,32H2,1-2H3. The van der Waals surface area contributed by atoms with Crippen LogP contribution in [0.5, 0.6) is 11.5 Å². The molecule has 0 aromatic heterocycles. The van der Waals surface area contributed by atoms with Crippen molar-refractivity contribution in [2.24, 2.45) is 5.14 Å². The van der Waals surface area contributed by atoms with Crippen LogP contribution in [-0.4, -0.2) is 18.2 Å². The van der Waals surface area contributed by atoms with Gasteiger partial charge < -0.3 is 14.7 Å². The summed E-state index contributed by atoms with van der Waals surface area (Å²) in [7, 11) is 0. The van der Waals surface area contributed by atoms with Crippen molar-refractivity contribution < 1.29 is 9.84 Å². The Balaban J connectivity index is 1.70. The molecular formula is C31H34N2O2S. The van der Waals surface area contributed by atoms with Crippen molar-refractivity contribution in [3.63, 3.8) is 0 Å². The van der Waals surface area contributed by atoms with Crippen LogP contribution in [0.25, 0.3) is 0 Å². The number of hydrogen-bond acceptors (Lipinski definition) is 5. The van der Waals surface area contributed by atoms with Crippen molar-refractivity contribution in [1.29, 1.82) is 0 Å². The van der Waals surface area contributed by atoms with Crippen molar-refractivity contribution in [2.75, 3.05) is 18.0 Å². The molecule has 5 heteroatoms. The quantitative estimate of drug-likeness (QED) is 0.222. The largest absolute Gasteiger partial charge is 0.454 e. The molecule has 4 nitrogen and oxygen atoms in total. The Labute approximate surface area is 218 Å². The van der Waals surface area contributed by atoms with E-state index in [2.05, 4.69) is 67.3 Å². The van der Waals surface area contributed by atoms with Crippen LogP contribution in [0.3, 0.4) is 0 Å². The highest BCUT2D eigenvalue weighted by Gasteiger charge is 2.19. The van der Waals surface area contributed by atoms with Crippen LogP contribution in [0.15, 0.2) is 95.9 Å². The van der Waals surface area contributed by atoms with Gasteiger partial charge >= 0.3 is 0 Å². The normalized spacial score (nSPS) is 10.9. The van der Waals surface area contributed by atoms with E-state index in [0.29, 0.717) is 0 Å². The van der Waals surface area contributed by atoms with Crippen molar-refractivity contribution in [3.8, 4) is 11.5 Å². The van der Waals surface area contributed by atoms with E-state index in [1.54, 1.807) is 0 Å². The predicted octanol–water partition coefficient (Wildman–Crippen LogP) is 6.85. The summed E-state index contributed by atoms with van der Waals surface area (Å²) in [5.74, 6) is 1.47. The molecule has 0 saturated carbocycles. The van der Waals surface area contributed by atoms with Crippen LogP contribution in [0.4, 0.5) is 5.69 Å². The minimum atomic E-state index is -0.0596. The van der Waals surface area contributed by atoms with Gasteiger partial charge in [-0.25, -0.2) is 0 Å². The Hall–Kier alpha value is -3.25. The second kappa shape index (κ2) is 12.6. The molecular weight excluding hydrogens is 464 g/mol. The van der Waals surface area contributed by atoms with Gasteiger partial charge in [0.1, 0.15) is 5.75 Å². The molecule has 186 valence electrons. The predicted molar refractivity (Wildman–Crippen MR) is 151 cm³/mol. The Kier molecular flexibility index (Phi) is 9.06. The first kappa shape index (κ1) is 25.8. The molecule has 0 amide bonds. The van der Waals surface area contributed by atoms with Crippen molar-refractivity contribution in [2.45, 2.75) is 38.2 Å². The van der Waals surface area contributed by atoms with E-state index >= 15 is 0 Å². The van der Waals surface area contributed by atoms with E-state index in [-0.39, 0.29) is 6.61 Å². The van der Waals surface area contributed by atoms with E-state index in [0.717, 1.165) is 65.5 Å². The molecule has 3 N–H and O–H groups in total. The number of anilines is 1. The second-order valence-electron chi connectivity index (χ2n) is 9.09. The lowest BCUT2D eigenvalue weighted by Gasteiger charge is -2.29. The maximum atomic E-state index is 10.0. The molecule has 4 aromatic carbocycles. The summed E-state index contributed by atoms with van der Waals surface area (Å²) in [4.78, 5) is 3.16. The van der Waals surface area contributed by atoms with Gasteiger partial charge in [0.05, 0.1) is 17.2 Å². The molecule has 0 fully saturated rings. The summed E-state index contributed by atoms with van der Waals surface area (Å²) >= 11 is 1.15. The smallest absolute Gasteiger partial charge is 0.165 e. The maximum Gasteiger partial charge on any atom is 0.165 e. The van der Waals surface area contributed by atoms with E-state index in [1.165, 1.54) is 22.3 Å². The van der Waals surface area contributed by atoms with Gasteiger partial charge in [-0.3, -0.25) is 5.14 Å². The van der Waals surface area contributed by atoms with Crippen LogP contribution < -0.4 is 14.8 Å². The zero-order valence-corrected chi connectivity index (χ0v) is 21.8. The molecule has 0 aliphatic carbocycles. The summed E-state index contributed by atoms with van der Waals surface area (Å²) in [5, 5.41) is 16.1. The third-order valence-corrected chi connectivity index (χ3v) is 6.85. The van der Waals surface area contributed by atoms with Gasteiger partial charge in [0.25, 0.3) is 0 Å². The first-order valence-corrected chi connectivity index (χ1v) is 13.2. The molecule has 0 heterocycles. The average molecular weight is 499 g/mol. The number of rotatable bonds is 11. The summed E-state index contributed by atoms with van der Waals surface area (Å²) in [6, 6.07) is 31.1. The zero-order chi connectivity index (χ0) is 25.3. The number of benzene rings is 4. The summed E-state index contributed by atoms with van der Waals surface area (Å²) in [5.41, 5.74) is 6.85. The zero-order valence-electron chi connectivity index (χ0n) is 21.0. The molecule has 0 unspecified atom stereocenters. The fourth-order valence-corrected chi connectivity index (χ4v) is 4.63. The molecule has 0 aliphatic heterocycles. The molecule has 4 aromatic rings. The third kappa shape index (κ3) is 6.91. The molecule has 0 atom stereocenters. The van der Waals surface area contributed by atoms with Gasteiger partial charge in [-0.1, -0.05) is 77.9 Å². The van der Waals surface area contributed by atoms with Gasteiger partial charge in [0.15, 0.2) is 5.75 Å². The van der Waals surface area contributed by atoms with Gasteiger partial charge in [-0.05, 0) is 79.6 Å². The lowest BCUT2D eigenvalue weighted by atomic mass is 10.1. The first-order valence-electron chi connectivity index (χ1n) is 12.3. The SMILES string of the molecule is Cc1ccc(CCN(CCc2ccc(C)cc2)c2cc(CO)cc(SN)c2Oc2ccccc2)cc1. The first-order chi connectivity index (χ1) is 17.6. The Bertz CT molecular complexity index is 1190. The molecule has 0 aliphatic rings. The minimum absolute atomic E-state index is 0.0596. The summed E-state index contributed by atoms with van der Waals surface area (Å²) in [6.45, 7) is 5.78. The van der Waals surface area contributed by atoms with Gasteiger partial charge in [-0.2, -0.15) is 0 Å². The number of hydrogen-bond donors (Lipinski definition) is 2. The number of aliphatic hydroxyl groups excluding tert-OH is 1. The van der Waals surface area contributed by atoms with Crippen molar-refractivity contribution in [3.05, 3.63) is 119 Å². The lowest BCUT2D eigenvalue weighted by molar-refractivity contribution is 0.281. The lowest BCUT2D eigenvalue weighted by Crippen LogP contribution is -2.29. The molecule has 0 saturated heterocycles. The van der Waals surface area contributed by atoms with E-state index in [4.69, 9.17) is 9.88 Å². The topological polar surface area (TPSA) is 58.7 Å². The number of nitrogens with zero attached hydrogens (tertiary/aromatic N) is 1. The van der Waals surface area contributed by atoms with Gasteiger partial charge in [0.2, 0.25) is 0 Å². The molecule has 36 heavy (non-hydrogen) atoms. The highest BCUT2D eigenvalue weighted by Crippen LogP contribution is 2.41. The summed E-state index contributed by atoms with van der Waals surface area (Å²) in [6.07, 6.45) is 1.79. The van der Waals surface area contributed by atoms with Crippen molar-refractivity contribution >= 4 is 17.6 Å². The molecule has 0 bridgehead atoms. The monoisotopic (exact) mass is 498 g/mol. The van der Waals surface area contributed by atoms with E-state index < -0.39 is 0 Å². The summed E-state index contributed by atoms with van der Waals surface area (Å²) < 4.78 is 6.42. The van der Waals surface area contributed by atoms with Crippen LogP contribution >= 0.6 is 11.9 Å². The molecule has 0 spiro atoms. The van der Waals surface area contributed by atoms with Crippen LogP contribution in [0, 0.1) is 13.8 Å². The number of nitrogens with two attached hydrogens (primary N) is 1. The van der Waals surface area contributed by atoms with Crippen molar-refractivity contribution in [1.82, 2.24) is 0 Å². The number of aliphatic hydroxyl groups is 1. The second-order valence-corrected chi connectivity index (χ2v) is 9.77. The van der Waals surface area contributed by atoms with Gasteiger partial charge in [-0.15, -0.1) is 0 Å². The highest BCUT2D eigenvalue weighted by atomic mass is 32.2. The number of ether oxygens (including phenoxy) is 1. The average Bonchev–Trinajstić information content (AvgIpc) is 2.91. The van der Waals surface area contributed by atoms with Crippen LogP contribution in [0.1, 0.15) is 27.8 Å². The number of para-hydroxylation sites is 1. The van der Waals surface area contributed by atoms with E-state index in [9.17, 15) is 5.11 Å². The van der Waals surface area contributed by atoms with Crippen LogP contribution in [0.2, 0.25) is 0 Å². The van der Waals surface area contributed by atoms with Crippen LogP contribution in [-0.2, 0) is 19.4 Å². The number of aryl methyl sites for hydroxylation is 2. The third-order valence-electron chi connectivity index (χ3n) is 6.29.